The number of rotatable bonds is 17. The van der Waals surface area contributed by atoms with E-state index in [9.17, 15) is 50.9 Å². The number of carbonyl (C=O) groups is 4. The van der Waals surface area contributed by atoms with Crippen molar-refractivity contribution in [1.82, 2.24) is 14.9 Å². The normalized spacial score (nSPS) is 14.8. The summed E-state index contributed by atoms with van der Waals surface area (Å²) in [6.07, 6.45) is -7.52. The summed E-state index contributed by atoms with van der Waals surface area (Å²) >= 11 is 8.51. The fourth-order valence-electron chi connectivity index (χ4n) is 8.85. The summed E-state index contributed by atoms with van der Waals surface area (Å²) in [5, 5.41) is 36.6. The summed E-state index contributed by atoms with van der Waals surface area (Å²) < 4.78 is 86.7. The molecule has 0 radical (unpaired) electrons. The van der Waals surface area contributed by atoms with Gasteiger partial charge in [-0.3, -0.25) is 14.4 Å². The number of cyclic esters (lactones) is 1. The van der Waals surface area contributed by atoms with Crippen molar-refractivity contribution in [2.75, 3.05) is 19.8 Å². The van der Waals surface area contributed by atoms with Crippen LogP contribution in [0.1, 0.15) is 87.9 Å². The SMILES string of the molecule is Cc1nc(-c2ccc(C(F)(F)F)cc2)sc1CCl.Cc1nc(-c2ccc(C(F)(F)F)cc2)sc1COc1ccc([C@H](CC(=O)O)C2=NOCC2)cc1.O=C(C[C@H](C1=NOCC1)c1ccc(O)cc1)N1C(=O)OC[C@@H]1Cc1ccccc1.O=CO[O-].[Cs+].[Cs+].[H-]. The Labute approximate surface area is 627 Å². The number of aliphatic carboxylic acids is 1. The van der Waals surface area contributed by atoms with E-state index in [1.165, 1.54) is 51.8 Å². The predicted molar refractivity (Wildman–Crippen MR) is 302 cm³/mol. The number of imide groups is 1. The Hall–Kier alpha value is -4.29. The van der Waals surface area contributed by atoms with Crippen LogP contribution in [0.5, 0.6) is 11.5 Å². The fraction of sp³-hybridized carbons (Fsp3) is 0.288. The van der Waals surface area contributed by atoms with Gasteiger partial charge in [-0.15, -0.1) is 34.3 Å². The molecule has 5 aromatic carbocycles. The van der Waals surface area contributed by atoms with Crippen LogP contribution in [-0.4, -0.2) is 86.8 Å². The zero-order chi connectivity index (χ0) is 61.3. The van der Waals surface area contributed by atoms with Gasteiger partial charge in [-0.2, -0.15) is 26.3 Å². The maximum absolute atomic E-state index is 13.1. The third-order valence-corrected chi connectivity index (χ3v) is 16.0. The Morgan fingerprint density at radius 3 is 1.66 bits per heavy atom. The number of halogens is 7. The molecule has 450 valence electrons. The number of phenolic OH excluding ortho intramolecular Hbond substituents is 1. The molecule has 0 aliphatic carbocycles. The van der Waals surface area contributed by atoms with Gasteiger partial charge in [-0.1, -0.05) is 89.2 Å². The number of carboxylic acid groups (broad SMARTS) is 1. The molecule has 3 aliphatic rings. The molecule has 28 heteroatoms. The zero-order valence-electron chi connectivity index (χ0n) is 48.2. The van der Waals surface area contributed by atoms with Crippen molar-refractivity contribution < 1.29 is 224 Å². The van der Waals surface area contributed by atoms with Gasteiger partial charge in [0.05, 0.1) is 57.2 Å². The van der Waals surface area contributed by atoms with Crippen molar-refractivity contribution in [3.63, 3.8) is 0 Å². The van der Waals surface area contributed by atoms with Gasteiger partial charge in [0.2, 0.25) is 5.91 Å². The average molecular weight is 1500 g/mol. The number of aromatic hydroxyl groups is 1. The molecule has 7 aromatic rings. The average Bonchev–Trinajstić information content (AvgIpc) is 3.24. The Morgan fingerprint density at radius 1 is 0.747 bits per heavy atom. The molecule has 0 saturated carbocycles. The Bertz CT molecular complexity index is 3440. The second-order valence-electron chi connectivity index (χ2n) is 18.9. The molecule has 1 fully saturated rings. The van der Waals surface area contributed by atoms with Crippen LogP contribution in [-0.2, 0) is 64.9 Å². The summed E-state index contributed by atoms with van der Waals surface area (Å²) in [5.41, 5.74) is 5.67. The molecular weight excluding hydrogens is 1450 g/mol. The smallest absolute Gasteiger partial charge is 1.00 e. The number of benzene rings is 5. The minimum absolute atomic E-state index is 0. The van der Waals surface area contributed by atoms with Crippen LogP contribution in [0.25, 0.3) is 21.1 Å². The van der Waals surface area contributed by atoms with E-state index in [0.717, 1.165) is 67.8 Å². The van der Waals surface area contributed by atoms with Crippen molar-refractivity contribution in [3.05, 3.63) is 176 Å². The third kappa shape index (κ3) is 21.7. The molecule has 2 N–H and O–H groups in total. The van der Waals surface area contributed by atoms with Gasteiger partial charge in [0.1, 0.15) is 47.9 Å². The maximum Gasteiger partial charge on any atom is 1.00 e. The van der Waals surface area contributed by atoms with E-state index in [1.54, 1.807) is 36.4 Å². The monoisotopic (exact) mass is 1500 g/mol. The van der Waals surface area contributed by atoms with Crippen LogP contribution in [0.3, 0.4) is 0 Å². The molecule has 10 rings (SSSR count). The minimum Gasteiger partial charge on any atom is -1.00 e. The van der Waals surface area contributed by atoms with Gasteiger partial charge < -0.3 is 40.9 Å². The van der Waals surface area contributed by atoms with Crippen molar-refractivity contribution in [2.24, 2.45) is 10.3 Å². The number of aromatic nitrogens is 2. The number of aryl methyl sites for hydroxylation is 2. The van der Waals surface area contributed by atoms with E-state index in [2.05, 4.69) is 25.2 Å². The number of nitrogens with zero attached hydrogens (tertiary/aromatic N) is 5. The van der Waals surface area contributed by atoms with Gasteiger partial charge in [0.15, 0.2) is 0 Å². The summed E-state index contributed by atoms with van der Waals surface area (Å²) in [5.74, 6) is -0.781. The number of ether oxygens (including phenoxy) is 2. The second-order valence-corrected chi connectivity index (χ2v) is 21.3. The minimum atomic E-state index is -4.38. The first-order chi connectivity index (χ1) is 40.6. The van der Waals surface area contributed by atoms with Crippen LogP contribution in [0, 0.1) is 13.8 Å². The number of alkyl halides is 7. The van der Waals surface area contributed by atoms with E-state index >= 15 is 0 Å². The number of thiazole rings is 2. The summed E-state index contributed by atoms with van der Waals surface area (Å²) in [4.78, 5) is 69.9. The number of hydrogen-bond acceptors (Lipinski definition) is 17. The quantitative estimate of drug-likeness (QED) is 0.0317. The van der Waals surface area contributed by atoms with E-state index in [-0.39, 0.29) is 201 Å². The Kier molecular flexibility index (Phi) is 29.8. The zero-order valence-corrected chi connectivity index (χ0v) is 62.1. The number of phenols is 1. The van der Waals surface area contributed by atoms with Gasteiger partial charge in [-0.25, -0.2) is 19.7 Å². The van der Waals surface area contributed by atoms with Crippen LogP contribution < -0.4 is 148 Å². The number of oxime groups is 2. The molecule has 1 saturated heterocycles. The summed E-state index contributed by atoms with van der Waals surface area (Å²) in [6, 6.07) is 33.1. The van der Waals surface area contributed by atoms with Crippen molar-refractivity contribution in [1.29, 1.82) is 0 Å². The molecule has 3 aliphatic heterocycles. The fourth-order valence-corrected chi connectivity index (χ4v) is 11.1. The Morgan fingerprint density at radius 2 is 1.22 bits per heavy atom. The largest absolute Gasteiger partial charge is 1.00 e. The predicted octanol–water partition coefficient (Wildman–Crippen LogP) is 6.71. The molecule has 2 amide bonds. The van der Waals surface area contributed by atoms with Crippen LogP contribution >= 0.6 is 34.3 Å². The molecule has 2 aromatic heterocycles. The number of hydrogen-bond donors (Lipinski definition) is 2. The maximum atomic E-state index is 13.1. The number of amides is 2. The molecule has 0 bridgehead atoms. The van der Waals surface area contributed by atoms with Crippen LogP contribution in [0.4, 0.5) is 31.1 Å². The van der Waals surface area contributed by atoms with Gasteiger partial charge in [0, 0.05) is 47.1 Å². The standard InChI is InChI=1S/C24H21F3N2O4S.C22H22N2O5.C12H9ClF3NS.CH2O3.2Cs.H/c1-14-21(34-23(28-14)16-2-6-17(7-3-16)24(25,26)27)13-32-18-8-4-15(5-9-18)19(12-22(30)31)20-10-11-33-29-20;25-18-8-6-16(7-9-18)19(20-10-11-29-23-20)13-21(26)24-17(14-28-22(24)27)12-15-4-2-1-3-5-15;1-7-10(6-13)18-11(17-7)8-2-4-9(5-3-8)12(14,15)16;2-1-4-3;;;/h2-9,19H,10-13H2,1H3,(H,30,31);1-9,17,19,25H,10-14H2;2-5H,6H2,1H3;1,3H;;;/q;;;;2*+1;-1/p-1/t19-;17-,19-;;;;;/m00...../s1. The van der Waals surface area contributed by atoms with Gasteiger partial charge >= 0.3 is 162 Å². The van der Waals surface area contributed by atoms with E-state index in [1.807, 2.05) is 56.3 Å². The van der Waals surface area contributed by atoms with Crippen LogP contribution in [0.15, 0.2) is 138 Å². The second kappa shape index (κ2) is 35.4. The third-order valence-electron chi connectivity index (χ3n) is 13.2. The molecule has 3 atom stereocenters. The molecule has 5 heterocycles. The van der Waals surface area contributed by atoms with Crippen molar-refractivity contribution in [3.8, 4) is 32.6 Å². The van der Waals surface area contributed by atoms with Crippen molar-refractivity contribution >= 4 is 70.1 Å². The number of carbonyl (C=O) groups excluding carboxylic acids is 3. The van der Waals surface area contributed by atoms with E-state index in [4.69, 9.17) is 40.8 Å². The van der Waals surface area contributed by atoms with Gasteiger partial charge in [-0.05, 0) is 85.5 Å². The Balaban J connectivity index is 0.000000279. The first-order valence-corrected chi connectivity index (χ1v) is 28.0. The topological polar surface area (TPSA) is 232 Å². The number of carboxylic acids is 1. The summed E-state index contributed by atoms with van der Waals surface area (Å²) in [7, 11) is 0. The van der Waals surface area contributed by atoms with E-state index in [0.29, 0.717) is 71.0 Å². The van der Waals surface area contributed by atoms with Crippen LogP contribution in [0.2, 0.25) is 0 Å². The first kappa shape index (κ1) is 73.5. The summed E-state index contributed by atoms with van der Waals surface area (Å²) in [6.45, 7) is 4.85. The molecule has 0 unspecified atom stereocenters. The molecule has 87 heavy (non-hydrogen) atoms. The molecule has 0 spiro atoms. The van der Waals surface area contributed by atoms with Crippen molar-refractivity contribution in [2.45, 2.75) is 88.7 Å². The molecular formula is C59H54ClCs2F6N5O12S2. The van der Waals surface area contributed by atoms with E-state index < -0.39 is 35.5 Å². The molecule has 17 nitrogen and oxygen atoms in total. The van der Waals surface area contributed by atoms with Gasteiger partial charge in [0.25, 0.3) is 6.47 Å². The first-order valence-electron chi connectivity index (χ1n) is 25.8.